The summed E-state index contributed by atoms with van der Waals surface area (Å²) in [6.45, 7) is 0.851. The van der Waals surface area contributed by atoms with Crippen molar-refractivity contribution in [2.24, 2.45) is 0 Å². The number of hydrogen-bond donors (Lipinski definition) is 1. The highest BCUT2D eigenvalue weighted by molar-refractivity contribution is 5.75. The quantitative estimate of drug-likeness (QED) is 0.937. The molecule has 1 N–H and O–H groups in total. The Balaban J connectivity index is 1.85. The Bertz CT molecular complexity index is 663. The Morgan fingerprint density at radius 2 is 2.38 bits per heavy atom. The Hall–Kier alpha value is -2.30. The van der Waals surface area contributed by atoms with Gasteiger partial charge in [-0.25, -0.2) is 4.98 Å². The first-order valence-electron chi connectivity index (χ1n) is 7.09. The maximum Gasteiger partial charge on any atom is 0.314 e. The Labute approximate surface area is 123 Å². The van der Waals surface area contributed by atoms with Crippen molar-refractivity contribution in [3.63, 3.8) is 0 Å². The van der Waals surface area contributed by atoms with Crippen molar-refractivity contribution in [1.29, 1.82) is 0 Å². The minimum Gasteiger partial charge on any atom is -0.497 e. The average molecular weight is 286 g/mol. The van der Waals surface area contributed by atoms with Crippen molar-refractivity contribution in [2.45, 2.75) is 31.7 Å². The topological polar surface area (TPSA) is 64.4 Å². The molecule has 0 bridgehead atoms. The van der Waals surface area contributed by atoms with E-state index in [2.05, 4.69) is 4.98 Å². The minimum atomic E-state index is -0.783. The SMILES string of the molecule is COc1cccc(Cc2cn3c(n2)C(C(=O)O)CCC3)c1. The monoisotopic (exact) mass is 286 g/mol. The third-order valence-electron chi connectivity index (χ3n) is 3.88. The van der Waals surface area contributed by atoms with Crippen LogP contribution in [-0.2, 0) is 17.8 Å². The third-order valence-corrected chi connectivity index (χ3v) is 3.88. The fourth-order valence-corrected chi connectivity index (χ4v) is 2.85. The van der Waals surface area contributed by atoms with Gasteiger partial charge >= 0.3 is 5.97 Å². The molecule has 5 heteroatoms. The first-order chi connectivity index (χ1) is 10.2. The van der Waals surface area contributed by atoms with Crippen molar-refractivity contribution < 1.29 is 14.6 Å². The van der Waals surface area contributed by atoms with Crippen LogP contribution in [0.2, 0.25) is 0 Å². The molecule has 5 nitrogen and oxygen atoms in total. The van der Waals surface area contributed by atoms with E-state index in [-0.39, 0.29) is 0 Å². The normalized spacial score (nSPS) is 17.3. The van der Waals surface area contributed by atoms with E-state index in [4.69, 9.17) is 4.74 Å². The number of benzene rings is 1. The summed E-state index contributed by atoms with van der Waals surface area (Å²) < 4.78 is 7.20. The molecule has 3 rings (SSSR count). The van der Waals surface area contributed by atoms with E-state index in [0.717, 1.165) is 30.0 Å². The number of ether oxygens (including phenoxy) is 1. The predicted octanol–water partition coefficient (Wildman–Crippen LogP) is 2.44. The van der Waals surface area contributed by atoms with E-state index in [1.807, 2.05) is 35.0 Å². The van der Waals surface area contributed by atoms with E-state index < -0.39 is 11.9 Å². The molecule has 21 heavy (non-hydrogen) atoms. The number of nitrogens with zero attached hydrogens (tertiary/aromatic N) is 2. The van der Waals surface area contributed by atoms with Gasteiger partial charge in [0.25, 0.3) is 0 Å². The average Bonchev–Trinajstić information content (AvgIpc) is 2.89. The van der Waals surface area contributed by atoms with E-state index in [0.29, 0.717) is 18.7 Å². The number of aliphatic carboxylic acids is 1. The number of carboxylic acid groups (broad SMARTS) is 1. The van der Waals surface area contributed by atoms with Gasteiger partial charge in [0, 0.05) is 19.2 Å². The lowest BCUT2D eigenvalue weighted by molar-refractivity contribution is -0.139. The van der Waals surface area contributed by atoms with Crippen molar-refractivity contribution in [3.05, 3.63) is 47.5 Å². The summed E-state index contributed by atoms with van der Waals surface area (Å²) in [5.74, 6) is 0.249. The van der Waals surface area contributed by atoms with Crippen LogP contribution in [0, 0.1) is 0 Å². The Morgan fingerprint density at radius 3 is 3.14 bits per heavy atom. The minimum absolute atomic E-state index is 0.474. The second-order valence-electron chi connectivity index (χ2n) is 5.35. The largest absolute Gasteiger partial charge is 0.497 e. The highest BCUT2D eigenvalue weighted by Gasteiger charge is 2.28. The predicted molar refractivity (Wildman–Crippen MR) is 77.6 cm³/mol. The van der Waals surface area contributed by atoms with Crippen LogP contribution in [0.25, 0.3) is 0 Å². The van der Waals surface area contributed by atoms with Crippen molar-refractivity contribution in [2.75, 3.05) is 7.11 Å². The summed E-state index contributed by atoms with van der Waals surface area (Å²) in [5.41, 5.74) is 2.02. The molecule has 1 aliphatic rings. The van der Waals surface area contributed by atoms with Gasteiger partial charge in [-0.2, -0.15) is 0 Å². The summed E-state index contributed by atoms with van der Waals surface area (Å²) in [6, 6.07) is 7.86. The number of methoxy groups -OCH3 is 1. The number of carbonyl (C=O) groups is 1. The van der Waals surface area contributed by atoms with Gasteiger partial charge in [-0.3, -0.25) is 4.79 Å². The smallest absolute Gasteiger partial charge is 0.314 e. The molecule has 2 aromatic rings. The fourth-order valence-electron chi connectivity index (χ4n) is 2.85. The molecule has 2 heterocycles. The molecule has 0 saturated heterocycles. The van der Waals surface area contributed by atoms with Gasteiger partial charge in [0.2, 0.25) is 0 Å². The summed E-state index contributed by atoms with van der Waals surface area (Å²) in [4.78, 5) is 15.8. The maximum absolute atomic E-state index is 11.3. The number of imidazole rings is 1. The van der Waals surface area contributed by atoms with Gasteiger partial charge < -0.3 is 14.4 Å². The molecule has 0 spiro atoms. The number of fused-ring (bicyclic) bond motifs is 1. The highest BCUT2D eigenvalue weighted by atomic mass is 16.5. The van der Waals surface area contributed by atoms with Crippen molar-refractivity contribution >= 4 is 5.97 Å². The van der Waals surface area contributed by atoms with Gasteiger partial charge in [0.15, 0.2) is 0 Å². The molecule has 1 aliphatic heterocycles. The van der Waals surface area contributed by atoms with Gasteiger partial charge in [0.05, 0.1) is 12.8 Å². The molecule has 1 aromatic heterocycles. The lowest BCUT2D eigenvalue weighted by atomic mass is 9.99. The van der Waals surface area contributed by atoms with E-state index in [9.17, 15) is 9.90 Å². The lowest BCUT2D eigenvalue weighted by Gasteiger charge is -2.19. The summed E-state index contributed by atoms with van der Waals surface area (Å²) >= 11 is 0. The van der Waals surface area contributed by atoms with Crippen molar-refractivity contribution in [3.8, 4) is 5.75 Å². The molecule has 0 fully saturated rings. The number of carboxylic acids is 1. The number of hydrogen-bond acceptors (Lipinski definition) is 3. The standard InChI is InChI=1S/C16H18N2O3/c1-21-13-5-2-4-11(9-13)8-12-10-18-7-3-6-14(16(19)20)15(18)17-12/h2,4-5,9-10,14H,3,6-8H2,1H3,(H,19,20). The number of aromatic nitrogens is 2. The molecular formula is C16H18N2O3. The first kappa shape index (κ1) is 13.7. The van der Waals surface area contributed by atoms with Gasteiger partial charge in [-0.1, -0.05) is 12.1 Å². The Kier molecular flexibility index (Phi) is 3.64. The summed E-state index contributed by atoms with van der Waals surface area (Å²) in [6.07, 6.45) is 4.22. The molecule has 1 atom stereocenters. The van der Waals surface area contributed by atoms with E-state index >= 15 is 0 Å². The summed E-state index contributed by atoms with van der Waals surface area (Å²) in [7, 11) is 1.64. The number of rotatable bonds is 4. The Morgan fingerprint density at radius 1 is 1.52 bits per heavy atom. The molecule has 0 radical (unpaired) electrons. The number of aryl methyl sites for hydroxylation is 1. The van der Waals surface area contributed by atoms with Gasteiger partial charge in [-0.05, 0) is 30.5 Å². The molecule has 110 valence electrons. The first-order valence-corrected chi connectivity index (χ1v) is 7.09. The zero-order valence-corrected chi connectivity index (χ0v) is 12.0. The van der Waals surface area contributed by atoms with Crippen LogP contribution in [0.1, 0.15) is 35.8 Å². The molecule has 0 aliphatic carbocycles. The molecule has 1 unspecified atom stereocenters. The van der Waals surface area contributed by atoms with E-state index in [1.165, 1.54) is 0 Å². The van der Waals surface area contributed by atoms with Crippen LogP contribution in [0.3, 0.4) is 0 Å². The lowest BCUT2D eigenvalue weighted by Crippen LogP contribution is -2.21. The molecule has 1 aromatic carbocycles. The van der Waals surface area contributed by atoms with Crippen LogP contribution < -0.4 is 4.74 Å². The van der Waals surface area contributed by atoms with Crippen LogP contribution in [0.4, 0.5) is 0 Å². The van der Waals surface area contributed by atoms with Crippen LogP contribution in [0.15, 0.2) is 30.5 Å². The maximum atomic E-state index is 11.3. The fraction of sp³-hybridized carbons (Fsp3) is 0.375. The van der Waals surface area contributed by atoms with Crippen molar-refractivity contribution in [1.82, 2.24) is 9.55 Å². The molecule has 0 amide bonds. The van der Waals surface area contributed by atoms with Crippen LogP contribution in [-0.4, -0.2) is 27.7 Å². The third kappa shape index (κ3) is 2.77. The molecular weight excluding hydrogens is 268 g/mol. The van der Waals surface area contributed by atoms with Gasteiger partial charge in [0.1, 0.15) is 17.5 Å². The van der Waals surface area contributed by atoms with Crippen LogP contribution >= 0.6 is 0 Å². The highest BCUT2D eigenvalue weighted by Crippen LogP contribution is 2.27. The van der Waals surface area contributed by atoms with Crippen LogP contribution in [0.5, 0.6) is 5.75 Å². The zero-order valence-electron chi connectivity index (χ0n) is 12.0. The zero-order chi connectivity index (χ0) is 14.8. The summed E-state index contributed by atoms with van der Waals surface area (Å²) in [5, 5.41) is 9.28. The second-order valence-corrected chi connectivity index (χ2v) is 5.35. The van der Waals surface area contributed by atoms with E-state index in [1.54, 1.807) is 7.11 Å². The second kappa shape index (κ2) is 5.60. The molecule has 0 saturated carbocycles. The van der Waals surface area contributed by atoms with Gasteiger partial charge in [-0.15, -0.1) is 0 Å².